The average molecular weight is 521 g/mol. The molecule has 0 aliphatic carbocycles. The molecule has 0 bridgehead atoms. The van der Waals surface area contributed by atoms with Crippen molar-refractivity contribution in [2.45, 2.75) is 57.7 Å². The van der Waals surface area contributed by atoms with Crippen LogP contribution in [0.3, 0.4) is 0 Å². The van der Waals surface area contributed by atoms with E-state index < -0.39 is 23.6 Å². The monoisotopic (exact) mass is 520 g/mol. The fourth-order valence-corrected chi connectivity index (χ4v) is 6.17. The third kappa shape index (κ3) is 4.48. The minimum Gasteiger partial charge on any atom is -0.391 e. The molecule has 3 aromatic rings. The van der Waals surface area contributed by atoms with Gasteiger partial charge in [0.05, 0.1) is 40.3 Å². The van der Waals surface area contributed by atoms with Crippen molar-refractivity contribution >= 4 is 29.0 Å². The van der Waals surface area contributed by atoms with Gasteiger partial charge in [0.2, 0.25) is 5.91 Å². The van der Waals surface area contributed by atoms with Crippen LogP contribution in [-0.2, 0) is 22.2 Å². The normalized spacial score (nSPS) is 24.5. The number of hydrogen-bond acceptors (Lipinski definition) is 7. The van der Waals surface area contributed by atoms with Crippen molar-refractivity contribution in [2.75, 3.05) is 6.54 Å². The number of aliphatic hydroxyl groups is 1. The molecule has 4 atom stereocenters. The first-order valence-corrected chi connectivity index (χ1v) is 13.4. The van der Waals surface area contributed by atoms with Crippen LogP contribution in [-0.4, -0.2) is 61.1 Å². The van der Waals surface area contributed by atoms with E-state index in [2.05, 4.69) is 20.4 Å². The van der Waals surface area contributed by atoms with Crippen LogP contribution in [0.15, 0.2) is 47.2 Å². The maximum Gasteiger partial charge on any atom is 0.277 e. The summed E-state index contributed by atoms with van der Waals surface area (Å²) in [6.07, 6.45) is 3.20. The molecule has 0 unspecified atom stereocenters. The smallest absolute Gasteiger partial charge is 0.277 e. The van der Waals surface area contributed by atoms with Gasteiger partial charge in [0.15, 0.2) is 0 Å². The maximum absolute atomic E-state index is 13.8. The van der Waals surface area contributed by atoms with Gasteiger partial charge in [-0.2, -0.15) is 10.1 Å². The first kappa shape index (κ1) is 25.3. The van der Waals surface area contributed by atoms with Gasteiger partial charge >= 0.3 is 0 Å². The summed E-state index contributed by atoms with van der Waals surface area (Å²) in [5.74, 6) is -0.368. The molecule has 4 heterocycles. The second kappa shape index (κ2) is 9.50. The highest BCUT2D eigenvalue weighted by Crippen LogP contribution is 2.35. The molecule has 2 amide bonds. The van der Waals surface area contributed by atoms with Gasteiger partial charge in [0.1, 0.15) is 11.4 Å². The standard InChI is InChI=1S/C27H32N6O3S/c1-15(2)22(18-11-29-32(5)12-18)25(35)33-13-20(34)10-21(33)24-30-26(36)27(4,31-24)19-8-6-17(7-9-19)23-16(3)28-14-37-23/h6-9,11-12,14-15,20-22,34H,10,13H2,1-5H3,(H,30,31,36)/t20-,21-,22-,27+/m1/s1. The summed E-state index contributed by atoms with van der Waals surface area (Å²) < 4.78 is 1.68. The van der Waals surface area contributed by atoms with E-state index >= 15 is 0 Å². The van der Waals surface area contributed by atoms with Gasteiger partial charge in [0, 0.05) is 31.8 Å². The van der Waals surface area contributed by atoms with Crippen molar-refractivity contribution in [3.05, 3.63) is 59.0 Å². The maximum atomic E-state index is 13.8. The van der Waals surface area contributed by atoms with Crippen LogP contribution in [0.1, 0.15) is 49.9 Å². The number of benzene rings is 1. The zero-order chi connectivity index (χ0) is 26.5. The van der Waals surface area contributed by atoms with Crippen LogP contribution in [0.25, 0.3) is 10.4 Å². The summed E-state index contributed by atoms with van der Waals surface area (Å²) in [6.45, 7) is 7.98. The highest BCUT2D eigenvalue weighted by atomic mass is 32.1. The van der Waals surface area contributed by atoms with E-state index in [0.717, 1.165) is 27.3 Å². The third-order valence-electron chi connectivity index (χ3n) is 7.39. The number of carbonyl (C=O) groups excluding carboxylic acids is 2. The Morgan fingerprint density at radius 1 is 1.27 bits per heavy atom. The number of amides is 2. The molecule has 0 radical (unpaired) electrons. The van der Waals surface area contributed by atoms with Gasteiger partial charge in [-0.25, -0.2) is 4.98 Å². The fraction of sp³-hybridized carbons (Fsp3) is 0.444. The van der Waals surface area contributed by atoms with E-state index in [1.807, 2.05) is 70.7 Å². The lowest BCUT2D eigenvalue weighted by Gasteiger charge is -2.31. The topological polar surface area (TPSA) is 113 Å². The van der Waals surface area contributed by atoms with Crippen molar-refractivity contribution in [3.8, 4) is 10.4 Å². The Hall–Kier alpha value is -3.37. The fourth-order valence-electron chi connectivity index (χ4n) is 5.35. The second-order valence-electron chi connectivity index (χ2n) is 10.5. The summed E-state index contributed by atoms with van der Waals surface area (Å²) in [4.78, 5) is 38.5. The zero-order valence-corrected chi connectivity index (χ0v) is 22.5. The molecule has 0 saturated carbocycles. The molecule has 1 aromatic carbocycles. The molecular formula is C27H32N6O3S. The molecule has 2 aliphatic heterocycles. The van der Waals surface area contributed by atoms with Gasteiger partial charge in [-0.1, -0.05) is 38.1 Å². The predicted molar refractivity (Wildman–Crippen MR) is 142 cm³/mol. The first-order valence-electron chi connectivity index (χ1n) is 12.5. The molecule has 2 aliphatic rings. The number of aryl methyl sites for hydroxylation is 2. The first-order chi connectivity index (χ1) is 17.6. The molecule has 1 fully saturated rings. The molecular weight excluding hydrogens is 488 g/mol. The SMILES string of the molecule is Cc1ncsc1-c1ccc([C@]2(C)NC([C@H]3C[C@@H](O)CN3C(=O)[C@@H](c3cnn(C)c3)C(C)C)=NC2=O)cc1. The van der Waals surface area contributed by atoms with E-state index in [0.29, 0.717) is 12.3 Å². The molecule has 5 rings (SSSR count). The molecule has 194 valence electrons. The van der Waals surface area contributed by atoms with Crippen LogP contribution in [0.5, 0.6) is 0 Å². The molecule has 2 N–H and O–H groups in total. The van der Waals surface area contributed by atoms with E-state index in [1.165, 1.54) is 0 Å². The van der Waals surface area contributed by atoms with Gasteiger partial charge in [-0.05, 0) is 30.9 Å². The van der Waals surface area contributed by atoms with Gasteiger partial charge in [0.25, 0.3) is 5.91 Å². The van der Waals surface area contributed by atoms with Crippen molar-refractivity contribution in [3.63, 3.8) is 0 Å². The third-order valence-corrected chi connectivity index (χ3v) is 8.37. The Balaban J connectivity index is 1.39. The highest BCUT2D eigenvalue weighted by molar-refractivity contribution is 7.13. The van der Waals surface area contributed by atoms with Crippen molar-refractivity contribution < 1.29 is 14.7 Å². The minimum absolute atomic E-state index is 0.0289. The number of nitrogens with zero attached hydrogens (tertiary/aromatic N) is 5. The second-order valence-corrected chi connectivity index (χ2v) is 11.3. The average Bonchev–Trinajstić information content (AvgIpc) is 3.62. The molecule has 9 nitrogen and oxygen atoms in total. The van der Waals surface area contributed by atoms with E-state index in [-0.39, 0.29) is 24.3 Å². The number of amidine groups is 1. The summed E-state index contributed by atoms with van der Waals surface area (Å²) in [5, 5.41) is 18.1. The number of thiazole rings is 1. The summed E-state index contributed by atoms with van der Waals surface area (Å²) >= 11 is 1.58. The largest absolute Gasteiger partial charge is 0.391 e. The quantitative estimate of drug-likeness (QED) is 0.517. The Kier molecular flexibility index (Phi) is 6.49. The number of aliphatic imine (C=N–C) groups is 1. The Morgan fingerprint density at radius 2 is 2.00 bits per heavy atom. The Morgan fingerprint density at radius 3 is 2.59 bits per heavy atom. The molecule has 1 saturated heterocycles. The summed E-state index contributed by atoms with van der Waals surface area (Å²) in [7, 11) is 1.82. The Bertz CT molecular complexity index is 1360. The lowest BCUT2D eigenvalue weighted by atomic mass is 9.88. The highest BCUT2D eigenvalue weighted by Gasteiger charge is 2.48. The van der Waals surface area contributed by atoms with Gasteiger partial charge < -0.3 is 15.3 Å². The van der Waals surface area contributed by atoms with Crippen molar-refractivity contribution in [1.82, 2.24) is 25.0 Å². The van der Waals surface area contributed by atoms with Gasteiger partial charge in [-0.3, -0.25) is 14.3 Å². The van der Waals surface area contributed by atoms with Crippen LogP contribution in [0, 0.1) is 12.8 Å². The number of hydrogen-bond donors (Lipinski definition) is 2. The molecule has 37 heavy (non-hydrogen) atoms. The number of carbonyl (C=O) groups is 2. The predicted octanol–water partition coefficient (Wildman–Crippen LogP) is 3.00. The Labute approximate surface area is 220 Å². The number of β-amino-alcohol motifs (C(OH)–C–C–N with tert-alkyl or cyclic N) is 1. The lowest BCUT2D eigenvalue weighted by Crippen LogP contribution is -2.51. The van der Waals surface area contributed by atoms with Gasteiger partial charge in [-0.15, -0.1) is 11.3 Å². The van der Waals surface area contributed by atoms with Crippen molar-refractivity contribution in [1.29, 1.82) is 0 Å². The molecule has 0 spiro atoms. The summed E-state index contributed by atoms with van der Waals surface area (Å²) in [6, 6.07) is 7.34. The lowest BCUT2D eigenvalue weighted by molar-refractivity contribution is -0.134. The van der Waals surface area contributed by atoms with Crippen LogP contribution >= 0.6 is 11.3 Å². The van der Waals surface area contributed by atoms with E-state index in [1.54, 1.807) is 27.1 Å². The molecule has 2 aromatic heterocycles. The van der Waals surface area contributed by atoms with Crippen LogP contribution in [0.4, 0.5) is 0 Å². The van der Waals surface area contributed by atoms with E-state index in [9.17, 15) is 14.7 Å². The number of rotatable bonds is 6. The van der Waals surface area contributed by atoms with Crippen LogP contribution < -0.4 is 5.32 Å². The number of aliphatic hydroxyl groups excluding tert-OH is 1. The van der Waals surface area contributed by atoms with Crippen LogP contribution in [0.2, 0.25) is 0 Å². The van der Waals surface area contributed by atoms with Crippen molar-refractivity contribution in [2.24, 2.45) is 18.0 Å². The number of likely N-dealkylation sites (tertiary alicyclic amines) is 1. The zero-order valence-electron chi connectivity index (χ0n) is 21.7. The number of nitrogens with one attached hydrogen (secondary N) is 1. The van der Waals surface area contributed by atoms with E-state index in [4.69, 9.17) is 0 Å². The summed E-state index contributed by atoms with van der Waals surface area (Å²) in [5.41, 5.74) is 4.41. The molecule has 10 heteroatoms. The minimum atomic E-state index is -1.06. The number of aromatic nitrogens is 3.